The topological polar surface area (TPSA) is 127 Å². The van der Waals surface area contributed by atoms with Crippen LogP contribution in [0.2, 0.25) is 0 Å². The first-order valence-electron chi connectivity index (χ1n) is 11.1. The number of aromatic nitrogens is 1. The fourth-order valence-corrected chi connectivity index (χ4v) is 4.13. The Kier molecular flexibility index (Phi) is 7.37. The highest BCUT2D eigenvalue weighted by Crippen LogP contribution is 2.44. The van der Waals surface area contributed by atoms with Gasteiger partial charge in [0.1, 0.15) is 18.4 Å². The molecule has 35 heavy (non-hydrogen) atoms. The van der Waals surface area contributed by atoms with Crippen LogP contribution in [0.3, 0.4) is 0 Å². The van der Waals surface area contributed by atoms with E-state index in [1.54, 1.807) is 0 Å². The summed E-state index contributed by atoms with van der Waals surface area (Å²) < 4.78 is 10.7. The number of carboxylic acid groups (broad SMARTS) is 1. The van der Waals surface area contributed by atoms with Crippen LogP contribution in [0.4, 0.5) is 10.5 Å². The number of aromatic carboxylic acids is 1. The molecular formula is C26H25N3O6. The third-order valence-electron chi connectivity index (χ3n) is 5.85. The number of amides is 2. The van der Waals surface area contributed by atoms with E-state index in [0.717, 1.165) is 22.3 Å². The lowest BCUT2D eigenvalue weighted by Gasteiger charge is -2.17. The predicted molar refractivity (Wildman–Crippen MR) is 128 cm³/mol. The minimum Gasteiger partial charge on any atom is -0.477 e. The summed E-state index contributed by atoms with van der Waals surface area (Å²) >= 11 is 0. The van der Waals surface area contributed by atoms with E-state index in [2.05, 4.69) is 27.8 Å². The summed E-state index contributed by atoms with van der Waals surface area (Å²) in [6, 6.07) is 18.9. The average Bonchev–Trinajstić information content (AvgIpc) is 3.19. The molecule has 1 aromatic heterocycles. The van der Waals surface area contributed by atoms with E-state index in [1.807, 2.05) is 36.4 Å². The molecule has 2 amide bonds. The normalized spacial score (nSPS) is 12.8. The van der Waals surface area contributed by atoms with Gasteiger partial charge in [0.15, 0.2) is 0 Å². The van der Waals surface area contributed by atoms with Crippen molar-refractivity contribution in [1.29, 1.82) is 0 Å². The zero-order chi connectivity index (χ0) is 24.8. The first-order valence-corrected chi connectivity index (χ1v) is 11.1. The smallest absolute Gasteiger partial charge is 0.407 e. The maximum absolute atomic E-state index is 12.4. The van der Waals surface area contributed by atoms with Crippen LogP contribution in [0.5, 0.6) is 0 Å². The number of carboxylic acids is 1. The van der Waals surface area contributed by atoms with Gasteiger partial charge in [-0.3, -0.25) is 4.79 Å². The number of hydrogen-bond acceptors (Lipinski definition) is 6. The molecule has 1 aliphatic rings. The molecule has 0 radical (unpaired) electrons. The number of ether oxygens (including phenoxy) is 2. The summed E-state index contributed by atoms with van der Waals surface area (Å²) in [5.41, 5.74) is 4.77. The van der Waals surface area contributed by atoms with Crippen molar-refractivity contribution in [3.63, 3.8) is 0 Å². The molecule has 1 unspecified atom stereocenters. The van der Waals surface area contributed by atoms with Crippen LogP contribution in [-0.4, -0.2) is 54.4 Å². The van der Waals surface area contributed by atoms with Gasteiger partial charge in [-0.25, -0.2) is 14.6 Å². The monoisotopic (exact) mass is 475 g/mol. The standard InChI is InChI=1S/C26H25N3O6/c1-34-23(24(30)29-16-10-11-22(25(31)32)28-14-16)12-13-27-26(33)35-15-21-19-8-4-2-6-17(19)18-7-3-5-9-20(18)21/h2-11,14,21,23H,12-13,15H2,1H3,(H,27,33)(H,29,30)(H,31,32). The molecule has 180 valence electrons. The number of carbonyl (C=O) groups excluding carboxylic acids is 2. The third kappa shape index (κ3) is 5.47. The number of nitrogens with zero attached hydrogens (tertiary/aromatic N) is 1. The van der Waals surface area contributed by atoms with E-state index in [-0.39, 0.29) is 31.2 Å². The zero-order valence-corrected chi connectivity index (χ0v) is 19.1. The van der Waals surface area contributed by atoms with E-state index in [1.165, 1.54) is 25.4 Å². The van der Waals surface area contributed by atoms with Crippen LogP contribution in [0, 0.1) is 0 Å². The molecule has 3 N–H and O–H groups in total. The van der Waals surface area contributed by atoms with E-state index >= 15 is 0 Å². The Bertz CT molecular complexity index is 1180. The van der Waals surface area contributed by atoms with Crippen LogP contribution in [0.15, 0.2) is 66.9 Å². The minimum atomic E-state index is -1.16. The molecule has 0 saturated heterocycles. The molecule has 1 heterocycles. The number of anilines is 1. The molecular weight excluding hydrogens is 450 g/mol. The molecule has 2 aromatic carbocycles. The fourth-order valence-electron chi connectivity index (χ4n) is 4.13. The molecule has 0 aliphatic heterocycles. The Balaban J connectivity index is 1.26. The van der Waals surface area contributed by atoms with Gasteiger partial charge in [-0.2, -0.15) is 0 Å². The second kappa shape index (κ2) is 10.8. The highest BCUT2D eigenvalue weighted by Gasteiger charge is 2.29. The lowest BCUT2D eigenvalue weighted by Crippen LogP contribution is -2.35. The SMILES string of the molecule is COC(CCNC(=O)OCC1c2ccccc2-c2ccccc21)C(=O)Nc1ccc(C(=O)O)nc1. The number of nitrogens with one attached hydrogen (secondary N) is 2. The molecule has 0 fully saturated rings. The maximum atomic E-state index is 12.4. The van der Waals surface area contributed by atoms with Crippen molar-refractivity contribution in [3.05, 3.63) is 83.7 Å². The number of pyridine rings is 1. The van der Waals surface area contributed by atoms with Gasteiger partial charge < -0.3 is 25.2 Å². The van der Waals surface area contributed by atoms with Crippen molar-refractivity contribution in [2.75, 3.05) is 25.6 Å². The van der Waals surface area contributed by atoms with Gasteiger partial charge >= 0.3 is 12.1 Å². The maximum Gasteiger partial charge on any atom is 0.407 e. The van der Waals surface area contributed by atoms with Crippen molar-refractivity contribution in [2.24, 2.45) is 0 Å². The molecule has 0 saturated carbocycles. The lowest BCUT2D eigenvalue weighted by atomic mass is 9.98. The molecule has 3 aromatic rings. The van der Waals surface area contributed by atoms with E-state index in [9.17, 15) is 14.4 Å². The summed E-state index contributed by atoms with van der Waals surface area (Å²) in [5, 5.41) is 14.2. The summed E-state index contributed by atoms with van der Waals surface area (Å²) in [5.74, 6) is -1.63. The van der Waals surface area contributed by atoms with Crippen molar-refractivity contribution in [3.8, 4) is 11.1 Å². The number of hydrogen-bond donors (Lipinski definition) is 3. The van der Waals surface area contributed by atoms with Crippen molar-refractivity contribution in [1.82, 2.24) is 10.3 Å². The summed E-state index contributed by atoms with van der Waals surface area (Å²) in [7, 11) is 1.39. The number of rotatable bonds is 9. The Morgan fingerprint density at radius 2 is 1.66 bits per heavy atom. The van der Waals surface area contributed by atoms with E-state index < -0.39 is 24.1 Å². The van der Waals surface area contributed by atoms with Crippen LogP contribution in [-0.2, 0) is 14.3 Å². The first-order chi connectivity index (χ1) is 17.0. The van der Waals surface area contributed by atoms with Crippen molar-refractivity contribution in [2.45, 2.75) is 18.4 Å². The molecule has 9 nitrogen and oxygen atoms in total. The summed E-state index contributed by atoms with van der Waals surface area (Å²) in [4.78, 5) is 39.4. The van der Waals surface area contributed by atoms with Gasteiger partial charge in [0.2, 0.25) is 0 Å². The molecule has 0 spiro atoms. The molecule has 9 heteroatoms. The van der Waals surface area contributed by atoms with Gasteiger partial charge in [-0.05, 0) is 34.4 Å². The number of benzene rings is 2. The van der Waals surface area contributed by atoms with Crippen molar-refractivity contribution >= 4 is 23.7 Å². The quantitative estimate of drug-likeness (QED) is 0.431. The van der Waals surface area contributed by atoms with Crippen LogP contribution in [0.1, 0.15) is 34.0 Å². The molecule has 1 atom stereocenters. The Labute approximate surface area is 202 Å². The Hall–Kier alpha value is -4.24. The van der Waals surface area contributed by atoms with Crippen molar-refractivity contribution < 1.29 is 29.0 Å². The molecule has 1 aliphatic carbocycles. The minimum absolute atomic E-state index is 0.0354. The van der Waals surface area contributed by atoms with Gasteiger partial charge in [0, 0.05) is 26.0 Å². The first kappa shape index (κ1) is 23.9. The van der Waals surface area contributed by atoms with Crippen LogP contribution >= 0.6 is 0 Å². The van der Waals surface area contributed by atoms with E-state index in [0.29, 0.717) is 5.69 Å². The largest absolute Gasteiger partial charge is 0.477 e. The highest BCUT2D eigenvalue weighted by atomic mass is 16.5. The molecule has 0 bridgehead atoms. The third-order valence-corrected chi connectivity index (χ3v) is 5.85. The lowest BCUT2D eigenvalue weighted by molar-refractivity contribution is -0.126. The van der Waals surface area contributed by atoms with E-state index in [4.69, 9.17) is 14.6 Å². The zero-order valence-electron chi connectivity index (χ0n) is 19.1. The summed E-state index contributed by atoms with van der Waals surface area (Å²) in [6.45, 7) is 0.367. The van der Waals surface area contributed by atoms with Gasteiger partial charge in [-0.1, -0.05) is 48.5 Å². The number of alkyl carbamates (subject to hydrolysis) is 1. The average molecular weight is 476 g/mol. The van der Waals surface area contributed by atoms with Gasteiger partial charge in [-0.15, -0.1) is 0 Å². The number of carbonyl (C=O) groups is 3. The van der Waals surface area contributed by atoms with Gasteiger partial charge in [0.05, 0.1) is 11.9 Å². The Morgan fingerprint density at radius 1 is 1.00 bits per heavy atom. The van der Waals surface area contributed by atoms with Crippen LogP contribution < -0.4 is 10.6 Å². The Morgan fingerprint density at radius 3 is 2.23 bits per heavy atom. The van der Waals surface area contributed by atoms with Crippen LogP contribution in [0.25, 0.3) is 11.1 Å². The summed E-state index contributed by atoms with van der Waals surface area (Å²) in [6.07, 6.45) is 0.0644. The number of methoxy groups -OCH3 is 1. The fraction of sp³-hybridized carbons (Fsp3) is 0.231. The van der Waals surface area contributed by atoms with Gasteiger partial charge in [0.25, 0.3) is 5.91 Å². The number of fused-ring (bicyclic) bond motifs is 3. The predicted octanol–water partition coefficient (Wildman–Crippen LogP) is 3.66. The second-order valence-corrected chi connectivity index (χ2v) is 7.99. The molecule has 4 rings (SSSR count). The highest BCUT2D eigenvalue weighted by molar-refractivity contribution is 5.94. The second-order valence-electron chi connectivity index (χ2n) is 7.99.